The van der Waals surface area contributed by atoms with E-state index in [1.54, 1.807) is 24.3 Å². The molecule has 0 saturated carbocycles. The van der Waals surface area contributed by atoms with Gasteiger partial charge in [0.1, 0.15) is 11.5 Å². The van der Waals surface area contributed by atoms with E-state index in [-0.39, 0.29) is 5.69 Å². The van der Waals surface area contributed by atoms with Crippen LogP contribution in [0.1, 0.15) is 10.4 Å². The van der Waals surface area contributed by atoms with E-state index in [1.807, 2.05) is 30.3 Å². The summed E-state index contributed by atoms with van der Waals surface area (Å²) in [5.41, 5.74) is 1.77. The van der Waals surface area contributed by atoms with Gasteiger partial charge in [-0.05, 0) is 35.4 Å². The smallest absolute Gasteiger partial charge is 0.295 e. The van der Waals surface area contributed by atoms with Crippen molar-refractivity contribution in [3.63, 3.8) is 0 Å². The van der Waals surface area contributed by atoms with E-state index in [2.05, 4.69) is 5.32 Å². The number of nitrogens with zero attached hydrogens (tertiary/aromatic N) is 1. The van der Waals surface area contributed by atoms with Gasteiger partial charge in [-0.15, -0.1) is 0 Å². The summed E-state index contributed by atoms with van der Waals surface area (Å²) >= 11 is 0. The Balaban J connectivity index is 1.82. The molecule has 0 saturated heterocycles. The fraction of sp³-hybridized carbons (Fsp3) is 0. The maximum atomic E-state index is 13.2. The molecule has 3 aromatic carbocycles. The average molecular weight is 336 g/mol. The summed E-state index contributed by atoms with van der Waals surface area (Å²) in [4.78, 5) is 22.5. The molecule has 1 amide bonds. The molecule has 124 valence electrons. The Morgan fingerprint density at radius 3 is 2.20 bits per heavy atom. The fourth-order valence-corrected chi connectivity index (χ4v) is 2.40. The van der Waals surface area contributed by atoms with Gasteiger partial charge in [0.25, 0.3) is 11.6 Å². The van der Waals surface area contributed by atoms with Crippen LogP contribution in [0.5, 0.6) is 0 Å². The molecular formula is C19H13FN2O3. The first-order valence-electron chi connectivity index (χ1n) is 7.45. The second-order valence-electron chi connectivity index (χ2n) is 5.32. The Hall–Kier alpha value is -3.54. The van der Waals surface area contributed by atoms with Crippen LogP contribution in [-0.2, 0) is 0 Å². The molecule has 0 aliphatic rings. The van der Waals surface area contributed by atoms with Crippen LogP contribution in [0.2, 0.25) is 0 Å². The lowest BCUT2D eigenvalue weighted by Gasteiger charge is -2.07. The Labute approximate surface area is 142 Å². The summed E-state index contributed by atoms with van der Waals surface area (Å²) < 4.78 is 13.2. The van der Waals surface area contributed by atoms with E-state index in [0.717, 1.165) is 23.3 Å². The van der Waals surface area contributed by atoms with E-state index >= 15 is 0 Å². The maximum Gasteiger partial charge on any atom is 0.295 e. The molecular weight excluding hydrogens is 323 g/mol. The number of nitro groups is 1. The monoisotopic (exact) mass is 336 g/mol. The first kappa shape index (κ1) is 16.3. The minimum atomic E-state index is -0.739. The van der Waals surface area contributed by atoms with Gasteiger partial charge in [-0.2, -0.15) is 0 Å². The molecule has 3 aromatic rings. The highest BCUT2D eigenvalue weighted by Crippen LogP contribution is 2.26. The highest BCUT2D eigenvalue weighted by molar-refractivity contribution is 6.05. The lowest BCUT2D eigenvalue weighted by atomic mass is 10.0. The standard InChI is InChI=1S/C19H13FN2O3/c20-16-10-11-17(18(12-16)22(24)25)21-19(23)15-8-6-14(7-9-15)13-4-2-1-3-5-13/h1-12H,(H,21,23). The highest BCUT2D eigenvalue weighted by atomic mass is 19.1. The zero-order valence-electron chi connectivity index (χ0n) is 13.0. The maximum absolute atomic E-state index is 13.2. The van der Waals surface area contributed by atoms with Crippen molar-refractivity contribution in [2.75, 3.05) is 5.32 Å². The molecule has 0 atom stereocenters. The number of hydrogen-bond acceptors (Lipinski definition) is 3. The quantitative estimate of drug-likeness (QED) is 0.556. The van der Waals surface area contributed by atoms with Crippen LogP contribution in [-0.4, -0.2) is 10.8 Å². The average Bonchev–Trinajstić information content (AvgIpc) is 2.64. The molecule has 0 unspecified atom stereocenters. The van der Waals surface area contributed by atoms with Crippen molar-refractivity contribution in [3.05, 3.63) is 94.3 Å². The molecule has 0 spiro atoms. The number of hydrogen-bond donors (Lipinski definition) is 1. The number of carbonyl (C=O) groups is 1. The number of nitrogens with one attached hydrogen (secondary N) is 1. The van der Waals surface area contributed by atoms with E-state index in [4.69, 9.17) is 0 Å². The van der Waals surface area contributed by atoms with Crippen molar-refractivity contribution in [2.45, 2.75) is 0 Å². The highest BCUT2D eigenvalue weighted by Gasteiger charge is 2.17. The summed E-state index contributed by atoms with van der Waals surface area (Å²) in [6.45, 7) is 0. The molecule has 1 N–H and O–H groups in total. The number of amides is 1. The predicted octanol–water partition coefficient (Wildman–Crippen LogP) is 4.65. The molecule has 6 heteroatoms. The molecule has 0 aliphatic heterocycles. The Morgan fingerprint density at radius 1 is 0.920 bits per heavy atom. The van der Waals surface area contributed by atoms with Crippen LogP contribution in [0.4, 0.5) is 15.8 Å². The zero-order valence-corrected chi connectivity index (χ0v) is 13.0. The van der Waals surface area contributed by atoms with Crippen LogP contribution in [0.15, 0.2) is 72.8 Å². The van der Waals surface area contributed by atoms with E-state index in [9.17, 15) is 19.3 Å². The van der Waals surface area contributed by atoms with Crippen molar-refractivity contribution in [1.29, 1.82) is 0 Å². The lowest BCUT2D eigenvalue weighted by Crippen LogP contribution is -2.13. The number of halogens is 1. The van der Waals surface area contributed by atoms with E-state index in [0.29, 0.717) is 5.56 Å². The minimum absolute atomic E-state index is 0.0523. The normalized spacial score (nSPS) is 10.3. The second-order valence-corrected chi connectivity index (χ2v) is 5.32. The van der Waals surface area contributed by atoms with Crippen LogP contribution < -0.4 is 5.32 Å². The topological polar surface area (TPSA) is 72.2 Å². The van der Waals surface area contributed by atoms with Crippen molar-refractivity contribution in [1.82, 2.24) is 0 Å². The number of nitro benzene ring substituents is 1. The van der Waals surface area contributed by atoms with Crippen LogP contribution in [0.3, 0.4) is 0 Å². The second kappa shape index (κ2) is 6.92. The third kappa shape index (κ3) is 3.69. The van der Waals surface area contributed by atoms with Gasteiger partial charge < -0.3 is 5.32 Å². The summed E-state index contributed by atoms with van der Waals surface area (Å²) in [6.07, 6.45) is 0. The number of carbonyl (C=O) groups excluding carboxylic acids is 1. The van der Waals surface area contributed by atoms with Gasteiger partial charge in [0.15, 0.2) is 0 Å². The molecule has 25 heavy (non-hydrogen) atoms. The Kier molecular flexibility index (Phi) is 4.52. The van der Waals surface area contributed by atoms with E-state index in [1.165, 1.54) is 6.07 Å². The summed E-state index contributed by atoms with van der Waals surface area (Å²) in [5, 5.41) is 13.4. The van der Waals surface area contributed by atoms with Gasteiger partial charge in [0, 0.05) is 5.56 Å². The van der Waals surface area contributed by atoms with Gasteiger partial charge >= 0.3 is 0 Å². The van der Waals surface area contributed by atoms with Gasteiger partial charge in [0.2, 0.25) is 0 Å². The summed E-state index contributed by atoms with van der Waals surface area (Å²) in [7, 11) is 0. The molecule has 3 rings (SSSR count). The van der Waals surface area contributed by atoms with Crippen LogP contribution in [0.25, 0.3) is 11.1 Å². The first-order valence-corrected chi connectivity index (χ1v) is 7.45. The minimum Gasteiger partial charge on any atom is -0.316 e. The fourth-order valence-electron chi connectivity index (χ4n) is 2.40. The molecule has 0 bridgehead atoms. The third-order valence-electron chi connectivity index (χ3n) is 3.66. The number of anilines is 1. The summed E-state index contributed by atoms with van der Waals surface area (Å²) in [5.74, 6) is -1.24. The van der Waals surface area contributed by atoms with Gasteiger partial charge in [0.05, 0.1) is 11.0 Å². The molecule has 0 aliphatic carbocycles. The Morgan fingerprint density at radius 2 is 1.56 bits per heavy atom. The van der Waals surface area contributed by atoms with Gasteiger partial charge in [-0.25, -0.2) is 4.39 Å². The first-order chi connectivity index (χ1) is 12.0. The largest absolute Gasteiger partial charge is 0.316 e. The molecule has 5 nitrogen and oxygen atoms in total. The Bertz CT molecular complexity index is 925. The van der Waals surface area contributed by atoms with Crippen LogP contribution >= 0.6 is 0 Å². The van der Waals surface area contributed by atoms with Crippen LogP contribution in [0, 0.1) is 15.9 Å². The van der Waals surface area contributed by atoms with Crippen molar-refractivity contribution < 1.29 is 14.1 Å². The summed E-state index contributed by atoms with van der Waals surface area (Å²) in [6, 6.07) is 19.5. The van der Waals surface area contributed by atoms with Crippen molar-refractivity contribution >= 4 is 17.3 Å². The van der Waals surface area contributed by atoms with Gasteiger partial charge in [-0.1, -0.05) is 42.5 Å². The number of rotatable bonds is 4. The van der Waals surface area contributed by atoms with Crippen molar-refractivity contribution in [3.8, 4) is 11.1 Å². The zero-order chi connectivity index (χ0) is 17.8. The molecule has 0 heterocycles. The third-order valence-corrected chi connectivity index (χ3v) is 3.66. The SMILES string of the molecule is O=C(Nc1ccc(F)cc1[N+](=O)[O-])c1ccc(-c2ccccc2)cc1. The predicted molar refractivity (Wildman–Crippen MR) is 92.9 cm³/mol. The van der Waals surface area contributed by atoms with Crippen molar-refractivity contribution in [2.24, 2.45) is 0 Å². The molecule has 0 radical (unpaired) electrons. The number of benzene rings is 3. The van der Waals surface area contributed by atoms with Gasteiger partial charge in [-0.3, -0.25) is 14.9 Å². The molecule has 0 aromatic heterocycles. The lowest BCUT2D eigenvalue weighted by molar-refractivity contribution is -0.384. The molecule has 0 fully saturated rings. The van der Waals surface area contributed by atoms with E-state index < -0.39 is 22.3 Å².